The lowest BCUT2D eigenvalue weighted by atomic mass is 9.97. The van der Waals surface area contributed by atoms with Gasteiger partial charge in [0.2, 0.25) is 0 Å². The Labute approximate surface area is 85.0 Å². The first kappa shape index (κ1) is 9.02. The highest BCUT2D eigenvalue weighted by Crippen LogP contribution is 2.33. The third-order valence-electron chi connectivity index (χ3n) is 2.39. The van der Waals surface area contributed by atoms with E-state index in [0.29, 0.717) is 11.7 Å². The predicted octanol–water partition coefficient (Wildman–Crippen LogP) is 1.65. The van der Waals surface area contributed by atoms with Crippen LogP contribution in [-0.4, -0.2) is 23.4 Å². The molecule has 13 heavy (non-hydrogen) atoms. The van der Waals surface area contributed by atoms with Crippen LogP contribution < -0.4 is 5.73 Å². The van der Waals surface area contributed by atoms with Crippen LogP contribution in [-0.2, 0) is 4.74 Å². The molecule has 0 atom stereocenters. The molecule has 0 aromatic carbocycles. The van der Waals surface area contributed by atoms with Gasteiger partial charge in [-0.2, -0.15) is 5.10 Å². The van der Waals surface area contributed by atoms with Crippen LogP contribution in [0.3, 0.4) is 0 Å². The molecule has 0 radical (unpaired) electrons. The van der Waals surface area contributed by atoms with Crippen LogP contribution in [0.2, 0.25) is 0 Å². The number of aromatic amines is 1. The second-order valence-corrected chi connectivity index (χ2v) is 4.02. The van der Waals surface area contributed by atoms with Crippen molar-refractivity contribution in [2.24, 2.45) is 0 Å². The third-order valence-corrected chi connectivity index (χ3v) is 3.22. The van der Waals surface area contributed by atoms with Gasteiger partial charge in [0, 0.05) is 19.1 Å². The minimum absolute atomic E-state index is 0.507. The standard InChI is InChI=1S/C8H12BrN3O/c9-6-7(11-12-8(6)10)5-1-3-13-4-2-5/h5H,1-4H2,(H3,10,11,12). The molecule has 4 nitrogen and oxygen atoms in total. The van der Waals surface area contributed by atoms with E-state index in [9.17, 15) is 0 Å². The van der Waals surface area contributed by atoms with E-state index in [1.54, 1.807) is 0 Å². The number of nitrogens with one attached hydrogen (secondary N) is 1. The van der Waals surface area contributed by atoms with Gasteiger partial charge in [0.15, 0.2) is 5.82 Å². The number of halogens is 1. The van der Waals surface area contributed by atoms with E-state index in [0.717, 1.165) is 36.2 Å². The molecule has 0 unspecified atom stereocenters. The van der Waals surface area contributed by atoms with Gasteiger partial charge in [-0.3, -0.25) is 5.10 Å². The molecule has 1 aromatic rings. The van der Waals surface area contributed by atoms with Crippen molar-refractivity contribution in [1.29, 1.82) is 0 Å². The topological polar surface area (TPSA) is 63.9 Å². The Morgan fingerprint density at radius 1 is 1.46 bits per heavy atom. The summed E-state index contributed by atoms with van der Waals surface area (Å²) in [6, 6.07) is 0. The summed E-state index contributed by atoms with van der Waals surface area (Å²) in [7, 11) is 0. The zero-order valence-corrected chi connectivity index (χ0v) is 8.80. The zero-order valence-electron chi connectivity index (χ0n) is 7.22. The minimum Gasteiger partial charge on any atom is -0.381 e. The summed E-state index contributed by atoms with van der Waals surface area (Å²) < 4.78 is 6.20. The summed E-state index contributed by atoms with van der Waals surface area (Å²) in [6.45, 7) is 1.66. The van der Waals surface area contributed by atoms with Gasteiger partial charge in [0.1, 0.15) is 0 Å². The maximum atomic E-state index is 5.63. The number of anilines is 1. The highest BCUT2D eigenvalue weighted by atomic mass is 79.9. The van der Waals surface area contributed by atoms with Gasteiger partial charge in [-0.15, -0.1) is 0 Å². The molecule has 1 aliphatic heterocycles. The van der Waals surface area contributed by atoms with Gasteiger partial charge in [0.05, 0.1) is 10.2 Å². The summed E-state index contributed by atoms with van der Waals surface area (Å²) in [5.74, 6) is 1.05. The number of nitrogens with zero attached hydrogens (tertiary/aromatic N) is 1. The number of ether oxygens (including phenoxy) is 1. The normalized spacial score (nSPS) is 19.2. The molecular formula is C8H12BrN3O. The molecule has 1 aromatic heterocycles. The van der Waals surface area contributed by atoms with Gasteiger partial charge in [0.25, 0.3) is 0 Å². The van der Waals surface area contributed by atoms with Crippen molar-refractivity contribution in [3.05, 3.63) is 10.2 Å². The van der Waals surface area contributed by atoms with E-state index in [1.165, 1.54) is 0 Å². The van der Waals surface area contributed by atoms with Crippen LogP contribution in [0.5, 0.6) is 0 Å². The summed E-state index contributed by atoms with van der Waals surface area (Å²) in [4.78, 5) is 0. The molecule has 0 aliphatic carbocycles. The van der Waals surface area contributed by atoms with Crippen molar-refractivity contribution >= 4 is 21.7 Å². The summed E-state index contributed by atoms with van der Waals surface area (Å²) in [6.07, 6.45) is 2.08. The Kier molecular flexibility index (Phi) is 2.55. The summed E-state index contributed by atoms with van der Waals surface area (Å²) in [5.41, 5.74) is 6.74. The molecule has 1 aliphatic rings. The van der Waals surface area contributed by atoms with Gasteiger partial charge in [-0.25, -0.2) is 0 Å². The molecule has 1 saturated heterocycles. The lowest BCUT2D eigenvalue weighted by molar-refractivity contribution is 0.0843. The molecule has 3 N–H and O–H groups in total. The number of aromatic nitrogens is 2. The van der Waals surface area contributed by atoms with Gasteiger partial charge < -0.3 is 10.5 Å². The van der Waals surface area contributed by atoms with E-state index in [1.807, 2.05) is 0 Å². The average molecular weight is 246 g/mol. The lowest BCUT2D eigenvalue weighted by Gasteiger charge is -2.20. The lowest BCUT2D eigenvalue weighted by Crippen LogP contribution is -2.14. The highest BCUT2D eigenvalue weighted by Gasteiger charge is 2.21. The van der Waals surface area contributed by atoms with E-state index in [-0.39, 0.29) is 0 Å². The average Bonchev–Trinajstić information content (AvgIpc) is 2.49. The fourth-order valence-electron chi connectivity index (χ4n) is 1.61. The van der Waals surface area contributed by atoms with Crippen LogP contribution >= 0.6 is 15.9 Å². The van der Waals surface area contributed by atoms with Crippen LogP contribution in [0.4, 0.5) is 5.82 Å². The van der Waals surface area contributed by atoms with Crippen molar-refractivity contribution in [3.8, 4) is 0 Å². The predicted molar refractivity (Wildman–Crippen MR) is 53.5 cm³/mol. The molecule has 2 heterocycles. The number of hydrogen-bond acceptors (Lipinski definition) is 3. The Bertz CT molecular complexity index is 294. The maximum absolute atomic E-state index is 5.63. The zero-order chi connectivity index (χ0) is 9.26. The monoisotopic (exact) mass is 245 g/mol. The van der Waals surface area contributed by atoms with Crippen molar-refractivity contribution < 1.29 is 4.74 Å². The molecule has 5 heteroatoms. The molecule has 0 bridgehead atoms. The SMILES string of the molecule is Nc1n[nH]c(C2CCOCC2)c1Br. The Morgan fingerprint density at radius 2 is 2.15 bits per heavy atom. The quantitative estimate of drug-likeness (QED) is 0.791. The third kappa shape index (κ3) is 1.71. The van der Waals surface area contributed by atoms with Crippen LogP contribution in [0.1, 0.15) is 24.5 Å². The van der Waals surface area contributed by atoms with Crippen LogP contribution in [0.25, 0.3) is 0 Å². The Morgan fingerprint density at radius 3 is 2.69 bits per heavy atom. The van der Waals surface area contributed by atoms with E-state index in [4.69, 9.17) is 10.5 Å². The molecule has 2 rings (SSSR count). The summed E-state index contributed by atoms with van der Waals surface area (Å²) in [5, 5.41) is 6.92. The fourth-order valence-corrected chi connectivity index (χ4v) is 2.11. The number of H-pyrrole nitrogens is 1. The first-order valence-electron chi connectivity index (χ1n) is 4.36. The Hall–Kier alpha value is -0.550. The first-order valence-corrected chi connectivity index (χ1v) is 5.15. The van der Waals surface area contributed by atoms with Crippen molar-refractivity contribution in [3.63, 3.8) is 0 Å². The van der Waals surface area contributed by atoms with E-state index in [2.05, 4.69) is 26.1 Å². The molecule has 0 amide bonds. The molecule has 0 saturated carbocycles. The molecule has 72 valence electrons. The van der Waals surface area contributed by atoms with Crippen molar-refractivity contribution in [2.75, 3.05) is 18.9 Å². The highest BCUT2D eigenvalue weighted by molar-refractivity contribution is 9.10. The van der Waals surface area contributed by atoms with Crippen molar-refractivity contribution in [1.82, 2.24) is 10.2 Å². The largest absolute Gasteiger partial charge is 0.381 e. The van der Waals surface area contributed by atoms with E-state index < -0.39 is 0 Å². The second-order valence-electron chi connectivity index (χ2n) is 3.22. The van der Waals surface area contributed by atoms with Gasteiger partial charge in [-0.05, 0) is 28.8 Å². The maximum Gasteiger partial charge on any atom is 0.159 e. The molecular weight excluding hydrogens is 234 g/mol. The number of nitrogens with two attached hydrogens (primary N) is 1. The smallest absolute Gasteiger partial charge is 0.159 e. The Balaban J connectivity index is 2.18. The first-order chi connectivity index (χ1) is 6.29. The summed E-state index contributed by atoms with van der Waals surface area (Å²) >= 11 is 3.43. The van der Waals surface area contributed by atoms with Crippen molar-refractivity contribution in [2.45, 2.75) is 18.8 Å². The van der Waals surface area contributed by atoms with E-state index >= 15 is 0 Å². The minimum atomic E-state index is 0.507. The number of rotatable bonds is 1. The second kappa shape index (κ2) is 3.67. The van der Waals surface area contributed by atoms with Gasteiger partial charge in [-0.1, -0.05) is 0 Å². The molecule has 0 spiro atoms. The number of hydrogen-bond donors (Lipinski definition) is 2. The molecule has 1 fully saturated rings. The van der Waals surface area contributed by atoms with Gasteiger partial charge >= 0.3 is 0 Å². The van der Waals surface area contributed by atoms with Crippen LogP contribution in [0, 0.1) is 0 Å². The number of nitrogen functional groups attached to an aromatic ring is 1. The fraction of sp³-hybridized carbons (Fsp3) is 0.625. The van der Waals surface area contributed by atoms with Crippen LogP contribution in [0.15, 0.2) is 4.47 Å².